The van der Waals surface area contributed by atoms with E-state index >= 15 is 0 Å². The Kier molecular flexibility index (Phi) is 4.56. The Bertz CT molecular complexity index is 1110. The van der Waals surface area contributed by atoms with Gasteiger partial charge in [0.1, 0.15) is 11.9 Å². The number of imide groups is 1. The molecule has 1 fully saturated rings. The van der Waals surface area contributed by atoms with Gasteiger partial charge in [0.2, 0.25) is 11.8 Å². The SMILES string of the molecule is Cc1nc2cc(OS(=O)(=O)F)c(Br)cc2c(=O)n1C1CCC(=O)NC1=O. The van der Waals surface area contributed by atoms with Gasteiger partial charge in [0, 0.05) is 12.5 Å². The number of benzene rings is 1. The topological polar surface area (TPSA) is 124 Å². The van der Waals surface area contributed by atoms with Crippen LogP contribution in [0.2, 0.25) is 0 Å². The van der Waals surface area contributed by atoms with Crippen molar-refractivity contribution in [1.82, 2.24) is 14.9 Å². The average molecular weight is 448 g/mol. The Morgan fingerprint density at radius 2 is 2.04 bits per heavy atom. The molecule has 0 radical (unpaired) electrons. The molecule has 2 heterocycles. The molecule has 1 atom stereocenters. The minimum Gasteiger partial charge on any atom is -0.357 e. The molecular weight excluding hydrogens is 437 g/mol. The van der Waals surface area contributed by atoms with Crippen molar-refractivity contribution in [2.75, 3.05) is 0 Å². The van der Waals surface area contributed by atoms with Gasteiger partial charge in [-0.15, -0.1) is 0 Å². The molecule has 2 amide bonds. The second-order valence-corrected chi connectivity index (χ2v) is 7.38. The molecule has 9 nitrogen and oxygen atoms in total. The van der Waals surface area contributed by atoms with Gasteiger partial charge < -0.3 is 4.18 Å². The monoisotopic (exact) mass is 447 g/mol. The van der Waals surface area contributed by atoms with Gasteiger partial charge in [-0.2, -0.15) is 8.42 Å². The second kappa shape index (κ2) is 6.43. The van der Waals surface area contributed by atoms with E-state index in [1.54, 1.807) is 0 Å². The van der Waals surface area contributed by atoms with Crippen LogP contribution in [0.4, 0.5) is 3.89 Å². The molecule has 0 bridgehead atoms. The lowest BCUT2D eigenvalue weighted by Crippen LogP contribution is -2.45. The molecule has 0 saturated carbocycles. The summed E-state index contributed by atoms with van der Waals surface area (Å²) in [4.78, 5) is 40.4. The van der Waals surface area contributed by atoms with Gasteiger partial charge in [-0.05, 0) is 35.3 Å². The number of nitrogens with one attached hydrogen (secondary N) is 1. The maximum absolute atomic E-state index is 12.8. The van der Waals surface area contributed by atoms with Crippen molar-refractivity contribution in [1.29, 1.82) is 0 Å². The van der Waals surface area contributed by atoms with Crippen molar-refractivity contribution >= 4 is 49.2 Å². The van der Waals surface area contributed by atoms with Crippen LogP contribution in [-0.2, 0) is 20.1 Å². The number of piperidine rings is 1. The molecular formula is C14H11BrFN3O6S. The molecule has 1 aromatic heterocycles. The molecule has 138 valence electrons. The zero-order valence-corrected chi connectivity index (χ0v) is 15.6. The molecule has 12 heteroatoms. The number of aryl methyl sites for hydroxylation is 1. The van der Waals surface area contributed by atoms with Gasteiger partial charge in [-0.1, -0.05) is 3.89 Å². The zero-order chi connectivity index (χ0) is 19.2. The third-order valence-electron chi connectivity index (χ3n) is 3.84. The van der Waals surface area contributed by atoms with E-state index in [-0.39, 0.29) is 39.8 Å². The van der Waals surface area contributed by atoms with E-state index in [1.807, 2.05) is 0 Å². The van der Waals surface area contributed by atoms with Crippen molar-refractivity contribution in [2.45, 2.75) is 25.8 Å². The fourth-order valence-corrected chi connectivity index (χ4v) is 3.66. The largest absolute Gasteiger partial charge is 0.488 e. The first-order chi connectivity index (χ1) is 12.1. The van der Waals surface area contributed by atoms with Crippen molar-refractivity contribution in [3.05, 3.63) is 32.8 Å². The van der Waals surface area contributed by atoms with Crippen LogP contribution < -0.4 is 15.1 Å². The predicted molar refractivity (Wildman–Crippen MR) is 90.5 cm³/mol. The third kappa shape index (κ3) is 3.46. The summed E-state index contributed by atoms with van der Waals surface area (Å²) in [6.07, 6.45) is 0.242. The molecule has 0 spiro atoms. The van der Waals surface area contributed by atoms with Crippen LogP contribution in [0.25, 0.3) is 10.9 Å². The van der Waals surface area contributed by atoms with Crippen LogP contribution in [0.5, 0.6) is 5.75 Å². The number of aromatic nitrogens is 2. The summed E-state index contributed by atoms with van der Waals surface area (Å²) in [7, 11) is -5.25. The number of carbonyl (C=O) groups excluding carboxylic acids is 2. The van der Waals surface area contributed by atoms with Crippen LogP contribution in [0.15, 0.2) is 21.4 Å². The predicted octanol–water partition coefficient (Wildman–Crippen LogP) is 1.04. The molecule has 1 N–H and O–H groups in total. The number of hydrogen-bond donors (Lipinski definition) is 1. The number of nitrogens with zero attached hydrogens (tertiary/aromatic N) is 2. The summed E-state index contributed by atoms with van der Waals surface area (Å²) in [5.74, 6) is -1.21. The molecule has 26 heavy (non-hydrogen) atoms. The number of carbonyl (C=O) groups is 2. The first-order valence-electron chi connectivity index (χ1n) is 7.27. The number of halogens is 2. The Labute approximate surface area is 154 Å². The van der Waals surface area contributed by atoms with Crippen LogP contribution in [0, 0.1) is 6.92 Å². The molecule has 3 rings (SSSR count). The van der Waals surface area contributed by atoms with E-state index in [4.69, 9.17) is 0 Å². The van der Waals surface area contributed by atoms with E-state index in [9.17, 15) is 26.7 Å². The summed E-state index contributed by atoms with van der Waals surface area (Å²) < 4.78 is 39.5. The highest BCUT2D eigenvalue weighted by atomic mass is 79.9. The van der Waals surface area contributed by atoms with Gasteiger partial charge in [0.15, 0.2) is 5.75 Å². The molecule has 1 aromatic carbocycles. The van der Waals surface area contributed by atoms with Crippen LogP contribution in [0.1, 0.15) is 24.7 Å². The Morgan fingerprint density at radius 1 is 1.35 bits per heavy atom. The van der Waals surface area contributed by atoms with Crippen LogP contribution in [-0.4, -0.2) is 29.8 Å². The summed E-state index contributed by atoms with van der Waals surface area (Å²) >= 11 is 3.01. The van der Waals surface area contributed by atoms with E-state index in [2.05, 4.69) is 30.4 Å². The lowest BCUT2D eigenvalue weighted by Gasteiger charge is -2.24. The maximum atomic E-state index is 12.8. The minimum absolute atomic E-state index is 0.0174. The summed E-state index contributed by atoms with van der Waals surface area (Å²) in [6.45, 7) is 1.49. The Balaban J connectivity index is 2.17. The summed E-state index contributed by atoms with van der Waals surface area (Å²) in [5, 5.41) is 2.24. The molecule has 1 unspecified atom stereocenters. The highest BCUT2D eigenvalue weighted by Crippen LogP contribution is 2.30. The van der Waals surface area contributed by atoms with E-state index in [0.29, 0.717) is 0 Å². The lowest BCUT2D eigenvalue weighted by atomic mass is 10.1. The molecule has 2 aromatic rings. The minimum atomic E-state index is -5.25. The molecule has 1 saturated heterocycles. The Morgan fingerprint density at radius 3 is 2.65 bits per heavy atom. The van der Waals surface area contributed by atoms with Gasteiger partial charge in [0.05, 0.1) is 15.4 Å². The quantitative estimate of drug-likeness (QED) is 0.550. The van der Waals surface area contributed by atoms with Crippen molar-refractivity contribution in [3.8, 4) is 5.75 Å². The van der Waals surface area contributed by atoms with E-state index in [1.165, 1.54) is 17.6 Å². The van der Waals surface area contributed by atoms with Crippen molar-refractivity contribution in [2.24, 2.45) is 0 Å². The number of amides is 2. The van der Waals surface area contributed by atoms with Crippen molar-refractivity contribution < 1.29 is 26.1 Å². The van der Waals surface area contributed by atoms with E-state index < -0.39 is 33.9 Å². The number of rotatable bonds is 3. The summed E-state index contributed by atoms with van der Waals surface area (Å²) in [5.41, 5.74) is -0.491. The second-order valence-electron chi connectivity index (χ2n) is 5.58. The molecule has 1 aliphatic heterocycles. The average Bonchev–Trinajstić information content (AvgIpc) is 2.50. The third-order valence-corrected chi connectivity index (χ3v) is 4.84. The van der Waals surface area contributed by atoms with Crippen molar-refractivity contribution in [3.63, 3.8) is 0 Å². The first-order valence-corrected chi connectivity index (χ1v) is 9.37. The normalized spacial score (nSPS) is 18.0. The lowest BCUT2D eigenvalue weighted by molar-refractivity contribution is -0.135. The molecule has 1 aliphatic rings. The van der Waals surface area contributed by atoms with Crippen LogP contribution in [0.3, 0.4) is 0 Å². The fraction of sp³-hybridized carbons (Fsp3) is 0.286. The number of fused-ring (bicyclic) bond motifs is 1. The highest BCUT2D eigenvalue weighted by Gasteiger charge is 2.30. The zero-order valence-electron chi connectivity index (χ0n) is 13.2. The van der Waals surface area contributed by atoms with Gasteiger partial charge in [-0.25, -0.2) is 4.98 Å². The van der Waals surface area contributed by atoms with Gasteiger partial charge in [0.25, 0.3) is 5.56 Å². The fourth-order valence-electron chi connectivity index (χ4n) is 2.78. The van der Waals surface area contributed by atoms with E-state index in [0.717, 1.165) is 6.07 Å². The maximum Gasteiger partial charge on any atom is 0.488 e. The van der Waals surface area contributed by atoms with Gasteiger partial charge in [-0.3, -0.25) is 24.3 Å². The Hall–Kier alpha value is -2.34. The van der Waals surface area contributed by atoms with Crippen LogP contribution >= 0.6 is 15.9 Å². The summed E-state index contributed by atoms with van der Waals surface area (Å²) in [6, 6.07) is 1.44. The highest BCUT2D eigenvalue weighted by molar-refractivity contribution is 9.10. The number of hydrogen-bond acceptors (Lipinski definition) is 7. The smallest absolute Gasteiger partial charge is 0.357 e. The first kappa shape index (κ1) is 18.5. The molecule has 0 aliphatic carbocycles. The standard InChI is InChI=1S/C14H11BrFN3O6S/c1-6-17-9-5-11(25-26(16,23)24)8(15)4-7(9)14(22)19(6)10-2-3-12(20)18-13(10)21/h4-5,10H,2-3H2,1H3,(H,18,20,21). The van der Waals surface area contributed by atoms with Gasteiger partial charge >= 0.3 is 10.5 Å².